The van der Waals surface area contributed by atoms with Crippen molar-refractivity contribution in [2.75, 3.05) is 16.0 Å². The molecule has 0 fully saturated rings. The Labute approximate surface area is 169 Å². The maximum absolute atomic E-state index is 12.7. The number of rotatable bonds is 6. The zero-order valence-corrected chi connectivity index (χ0v) is 16.6. The molecule has 29 heavy (non-hydrogen) atoms. The molecular formula is C22H23N5O2. The first-order valence-corrected chi connectivity index (χ1v) is 9.33. The Morgan fingerprint density at radius 2 is 1.59 bits per heavy atom. The molecule has 1 aromatic heterocycles. The lowest BCUT2D eigenvalue weighted by atomic mass is 10.1. The van der Waals surface area contributed by atoms with Gasteiger partial charge in [0, 0.05) is 29.7 Å². The zero-order valence-electron chi connectivity index (χ0n) is 16.6. The molecule has 7 heteroatoms. The lowest BCUT2D eigenvalue weighted by Crippen LogP contribution is -2.16. The summed E-state index contributed by atoms with van der Waals surface area (Å²) in [6.07, 6.45) is 0.967. The van der Waals surface area contributed by atoms with Gasteiger partial charge in [0.25, 0.3) is 5.91 Å². The summed E-state index contributed by atoms with van der Waals surface area (Å²) in [6, 6.07) is 16.5. The highest BCUT2D eigenvalue weighted by atomic mass is 16.2. The zero-order chi connectivity index (χ0) is 20.8. The third kappa shape index (κ3) is 5.62. The van der Waals surface area contributed by atoms with E-state index in [1.807, 2.05) is 24.3 Å². The van der Waals surface area contributed by atoms with E-state index < -0.39 is 0 Å². The van der Waals surface area contributed by atoms with Crippen molar-refractivity contribution in [2.45, 2.75) is 27.2 Å². The number of aryl methyl sites for hydroxylation is 2. The van der Waals surface area contributed by atoms with Crippen LogP contribution in [0.25, 0.3) is 0 Å². The van der Waals surface area contributed by atoms with Crippen LogP contribution in [0.1, 0.15) is 35.6 Å². The minimum absolute atomic E-state index is 0.178. The van der Waals surface area contributed by atoms with Gasteiger partial charge in [-0.1, -0.05) is 25.1 Å². The molecule has 0 radical (unpaired) electrons. The Kier molecular flexibility index (Phi) is 6.19. The van der Waals surface area contributed by atoms with E-state index in [0.717, 1.165) is 12.1 Å². The molecule has 3 rings (SSSR count). The van der Waals surface area contributed by atoms with Crippen LogP contribution in [-0.4, -0.2) is 21.8 Å². The predicted octanol–water partition coefficient (Wildman–Crippen LogP) is 4.30. The highest BCUT2D eigenvalue weighted by molar-refractivity contribution is 6.03. The van der Waals surface area contributed by atoms with Crippen LogP contribution in [0.5, 0.6) is 0 Å². The van der Waals surface area contributed by atoms with Gasteiger partial charge in [-0.15, -0.1) is 0 Å². The summed E-state index contributed by atoms with van der Waals surface area (Å²) in [6.45, 7) is 5.34. The van der Waals surface area contributed by atoms with Crippen molar-refractivity contribution in [3.8, 4) is 0 Å². The number of hydrogen-bond donors (Lipinski definition) is 3. The normalized spacial score (nSPS) is 10.3. The predicted molar refractivity (Wildman–Crippen MR) is 115 cm³/mol. The number of hydrogen-bond acceptors (Lipinski definition) is 5. The second kappa shape index (κ2) is 8.97. The Morgan fingerprint density at radius 3 is 2.24 bits per heavy atom. The Morgan fingerprint density at radius 1 is 0.897 bits per heavy atom. The lowest BCUT2D eigenvalue weighted by Gasteiger charge is -2.10. The fraction of sp³-hybridized carbons (Fsp3) is 0.182. The van der Waals surface area contributed by atoms with Crippen LogP contribution in [0.2, 0.25) is 0 Å². The van der Waals surface area contributed by atoms with Crippen molar-refractivity contribution in [3.63, 3.8) is 0 Å². The minimum Gasteiger partial charge on any atom is -0.326 e. The van der Waals surface area contributed by atoms with Gasteiger partial charge in [0.1, 0.15) is 5.69 Å². The molecule has 7 nitrogen and oxygen atoms in total. The van der Waals surface area contributed by atoms with Gasteiger partial charge in [0.15, 0.2) is 0 Å². The standard InChI is InChI=1S/C22H23N5O2/c1-4-16-8-10-17(11-9-16)26-22-23-14(2)12-20(27-22)21(29)25-19-7-5-6-18(13-19)24-15(3)28/h5-13H,4H2,1-3H3,(H,24,28)(H,25,29)(H,23,26,27). The van der Waals surface area contributed by atoms with Crippen LogP contribution in [0.15, 0.2) is 54.6 Å². The number of carbonyl (C=O) groups excluding carboxylic acids is 2. The smallest absolute Gasteiger partial charge is 0.274 e. The Balaban J connectivity index is 1.76. The summed E-state index contributed by atoms with van der Waals surface area (Å²) < 4.78 is 0. The van der Waals surface area contributed by atoms with Gasteiger partial charge in [-0.05, 0) is 55.3 Å². The molecule has 1 heterocycles. The molecule has 0 aliphatic heterocycles. The summed E-state index contributed by atoms with van der Waals surface area (Å²) in [5.41, 5.74) is 4.17. The van der Waals surface area contributed by atoms with Gasteiger partial charge in [-0.2, -0.15) is 0 Å². The van der Waals surface area contributed by atoms with E-state index in [4.69, 9.17) is 0 Å². The maximum atomic E-state index is 12.7. The number of nitrogens with zero attached hydrogens (tertiary/aromatic N) is 2. The third-order valence-corrected chi connectivity index (χ3v) is 4.15. The Hall–Kier alpha value is -3.74. The van der Waals surface area contributed by atoms with E-state index in [9.17, 15) is 9.59 Å². The minimum atomic E-state index is -0.361. The molecule has 0 unspecified atom stereocenters. The molecule has 0 bridgehead atoms. The van der Waals surface area contributed by atoms with E-state index in [1.54, 1.807) is 37.3 Å². The first-order chi connectivity index (χ1) is 13.9. The van der Waals surface area contributed by atoms with E-state index >= 15 is 0 Å². The molecule has 0 saturated heterocycles. The first kappa shape index (κ1) is 20.0. The summed E-state index contributed by atoms with van der Waals surface area (Å²) in [4.78, 5) is 32.6. The number of benzene rings is 2. The van der Waals surface area contributed by atoms with E-state index in [0.29, 0.717) is 23.0 Å². The van der Waals surface area contributed by atoms with Gasteiger partial charge >= 0.3 is 0 Å². The van der Waals surface area contributed by atoms with Gasteiger partial charge in [0.2, 0.25) is 11.9 Å². The molecular weight excluding hydrogens is 366 g/mol. The van der Waals surface area contributed by atoms with Crippen molar-refractivity contribution in [1.82, 2.24) is 9.97 Å². The van der Waals surface area contributed by atoms with Crippen molar-refractivity contribution >= 4 is 34.8 Å². The molecule has 0 spiro atoms. The van der Waals surface area contributed by atoms with Crippen molar-refractivity contribution in [3.05, 3.63) is 71.5 Å². The quantitative estimate of drug-likeness (QED) is 0.584. The number of amides is 2. The largest absolute Gasteiger partial charge is 0.326 e. The number of aromatic nitrogens is 2. The molecule has 0 atom stereocenters. The summed E-state index contributed by atoms with van der Waals surface area (Å²) in [5.74, 6) is -0.186. The lowest BCUT2D eigenvalue weighted by molar-refractivity contribution is -0.114. The van der Waals surface area contributed by atoms with Crippen LogP contribution < -0.4 is 16.0 Å². The van der Waals surface area contributed by atoms with Crippen LogP contribution in [0, 0.1) is 6.92 Å². The molecule has 0 aliphatic carbocycles. The second-order valence-electron chi connectivity index (χ2n) is 6.61. The van der Waals surface area contributed by atoms with Crippen LogP contribution >= 0.6 is 0 Å². The molecule has 148 valence electrons. The van der Waals surface area contributed by atoms with Gasteiger partial charge in [-0.25, -0.2) is 9.97 Å². The number of carbonyl (C=O) groups is 2. The van der Waals surface area contributed by atoms with Crippen molar-refractivity contribution < 1.29 is 9.59 Å². The van der Waals surface area contributed by atoms with Gasteiger partial charge < -0.3 is 16.0 Å². The first-order valence-electron chi connectivity index (χ1n) is 9.33. The molecule has 2 amide bonds. The van der Waals surface area contributed by atoms with Crippen LogP contribution in [0.4, 0.5) is 23.0 Å². The van der Waals surface area contributed by atoms with E-state index in [-0.39, 0.29) is 17.5 Å². The topological polar surface area (TPSA) is 96.0 Å². The third-order valence-electron chi connectivity index (χ3n) is 4.15. The monoisotopic (exact) mass is 389 g/mol. The molecule has 3 N–H and O–H groups in total. The molecule has 2 aromatic carbocycles. The van der Waals surface area contributed by atoms with Crippen molar-refractivity contribution in [1.29, 1.82) is 0 Å². The summed E-state index contributed by atoms with van der Waals surface area (Å²) in [5, 5.41) is 8.62. The van der Waals surface area contributed by atoms with E-state index in [2.05, 4.69) is 32.8 Å². The summed E-state index contributed by atoms with van der Waals surface area (Å²) in [7, 11) is 0. The van der Waals surface area contributed by atoms with Crippen molar-refractivity contribution in [2.24, 2.45) is 0 Å². The second-order valence-corrected chi connectivity index (χ2v) is 6.61. The van der Waals surface area contributed by atoms with Gasteiger partial charge in [0.05, 0.1) is 0 Å². The summed E-state index contributed by atoms with van der Waals surface area (Å²) >= 11 is 0. The highest BCUT2D eigenvalue weighted by Crippen LogP contribution is 2.18. The van der Waals surface area contributed by atoms with Gasteiger partial charge in [-0.3, -0.25) is 9.59 Å². The average Bonchev–Trinajstić information content (AvgIpc) is 2.68. The number of anilines is 4. The maximum Gasteiger partial charge on any atom is 0.274 e. The molecule has 0 saturated carbocycles. The SMILES string of the molecule is CCc1ccc(Nc2nc(C)cc(C(=O)Nc3cccc(NC(C)=O)c3)n2)cc1. The average molecular weight is 389 g/mol. The van der Waals surface area contributed by atoms with Crippen LogP contribution in [0.3, 0.4) is 0 Å². The van der Waals surface area contributed by atoms with E-state index in [1.165, 1.54) is 12.5 Å². The highest BCUT2D eigenvalue weighted by Gasteiger charge is 2.12. The number of nitrogens with one attached hydrogen (secondary N) is 3. The molecule has 3 aromatic rings. The Bertz CT molecular complexity index is 1030. The van der Waals surface area contributed by atoms with Crippen LogP contribution in [-0.2, 0) is 11.2 Å². The fourth-order valence-electron chi connectivity index (χ4n) is 2.77. The molecule has 0 aliphatic rings. The fourth-order valence-corrected chi connectivity index (χ4v) is 2.77.